The van der Waals surface area contributed by atoms with Gasteiger partial charge in [0.05, 0.1) is 28.2 Å². The standard InChI is InChI=1S/C26H22N4O2S3/c1-3-12-33-26-30-20-10-8-16(14-21(20)34-26)28-24(31)23-22(27)18-9-11-19(29-25(18)35-23)15-6-5-7-17(13-15)32-4-2/h3,5-11,13-14H,1,4,12,27H2,2H3,(H,28,31). The predicted molar refractivity (Wildman–Crippen MR) is 149 cm³/mol. The van der Waals surface area contributed by atoms with Crippen LogP contribution in [0.5, 0.6) is 5.75 Å². The van der Waals surface area contributed by atoms with Crippen LogP contribution < -0.4 is 15.8 Å². The number of ether oxygens (including phenoxy) is 1. The van der Waals surface area contributed by atoms with Gasteiger partial charge in [0.2, 0.25) is 0 Å². The Morgan fingerprint density at radius 3 is 2.89 bits per heavy atom. The number of carbonyl (C=O) groups excluding carboxylic acids is 1. The Labute approximate surface area is 214 Å². The van der Waals surface area contributed by atoms with E-state index in [1.165, 1.54) is 11.3 Å². The number of benzene rings is 2. The van der Waals surface area contributed by atoms with Gasteiger partial charge >= 0.3 is 0 Å². The zero-order valence-electron chi connectivity index (χ0n) is 18.9. The van der Waals surface area contributed by atoms with E-state index in [0.717, 1.165) is 42.7 Å². The van der Waals surface area contributed by atoms with E-state index in [4.69, 9.17) is 15.5 Å². The Morgan fingerprint density at radius 2 is 2.06 bits per heavy atom. The summed E-state index contributed by atoms with van der Waals surface area (Å²) in [5.41, 5.74) is 10.1. The molecule has 0 fully saturated rings. The van der Waals surface area contributed by atoms with Crippen LogP contribution in [0, 0.1) is 0 Å². The average molecular weight is 519 g/mol. The molecule has 0 spiro atoms. The molecule has 6 nitrogen and oxygen atoms in total. The van der Waals surface area contributed by atoms with Gasteiger partial charge in [-0.1, -0.05) is 30.0 Å². The maximum absolute atomic E-state index is 13.1. The minimum atomic E-state index is -0.254. The Balaban J connectivity index is 1.40. The molecule has 0 atom stereocenters. The third-order valence-corrected chi connectivity index (χ3v) is 8.46. The SMILES string of the molecule is C=CCSc1nc2ccc(NC(=O)c3sc4nc(-c5cccc(OCC)c5)ccc4c3N)cc2s1. The number of thioether (sulfide) groups is 1. The van der Waals surface area contributed by atoms with Crippen LogP contribution in [0.4, 0.5) is 11.4 Å². The highest BCUT2D eigenvalue weighted by Gasteiger charge is 2.18. The second-order valence-electron chi connectivity index (χ2n) is 7.57. The van der Waals surface area contributed by atoms with Gasteiger partial charge in [0.25, 0.3) is 5.91 Å². The molecule has 5 rings (SSSR count). The molecule has 5 aromatic rings. The van der Waals surface area contributed by atoms with Crippen LogP contribution in [0.25, 0.3) is 31.7 Å². The van der Waals surface area contributed by atoms with E-state index >= 15 is 0 Å². The number of aromatic nitrogens is 2. The first-order valence-electron chi connectivity index (χ1n) is 10.9. The van der Waals surface area contributed by atoms with Gasteiger partial charge in [-0.15, -0.1) is 29.3 Å². The zero-order valence-corrected chi connectivity index (χ0v) is 21.4. The van der Waals surface area contributed by atoms with Crippen molar-refractivity contribution in [1.82, 2.24) is 9.97 Å². The summed E-state index contributed by atoms with van der Waals surface area (Å²) in [6, 6.07) is 17.3. The maximum Gasteiger partial charge on any atom is 0.267 e. The molecule has 3 aromatic heterocycles. The molecule has 3 heterocycles. The van der Waals surface area contributed by atoms with Crippen LogP contribution in [0.1, 0.15) is 16.6 Å². The summed E-state index contributed by atoms with van der Waals surface area (Å²) in [5, 5.41) is 3.75. The van der Waals surface area contributed by atoms with Crippen LogP contribution in [0.15, 0.2) is 71.6 Å². The van der Waals surface area contributed by atoms with E-state index in [0.29, 0.717) is 27.7 Å². The van der Waals surface area contributed by atoms with Gasteiger partial charge in [-0.3, -0.25) is 4.79 Å². The van der Waals surface area contributed by atoms with Crippen molar-refractivity contribution in [2.75, 3.05) is 23.4 Å². The van der Waals surface area contributed by atoms with Gasteiger partial charge in [-0.2, -0.15) is 0 Å². The van der Waals surface area contributed by atoms with E-state index < -0.39 is 0 Å². The summed E-state index contributed by atoms with van der Waals surface area (Å²) in [6.45, 7) is 6.30. The molecule has 0 radical (unpaired) electrons. The first kappa shape index (κ1) is 23.3. The van der Waals surface area contributed by atoms with Gasteiger partial charge in [0, 0.05) is 22.4 Å². The smallest absolute Gasteiger partial charge is 0.267 e. The minimum absolute atomic E-state index is 0.254. The molecular formula is C26H22N4O2S3. The molecule has 2 aromatic carbocycles. The lowest BCUT2D eigenvalue weighted by Gasteiger charge is -2.06. The van der Waals surface area contributed by atoms with Crippen LogP contribution in [-0.2, 0) is 0 Å². The molecule has 0 bridgehead atoms. The van der Waals surface area contributed by atoms with Gasteiger partial charge in [-0.25, -0.2) is 9.97 Å². The number of hydrogen-bond donors (Lipinski definition) is 2. The summed E-state index contributed by atoms with van der Waals surface area (Å²) in [6.07, 6.45) is 1.85. The van der Waals surface area contributed by atoms with E-state index in [-0.39, 0.29) is 5.91 Å². The molecule has 0 aliphatic rings. The molecule has 0 aliphatic carbocycles. The fourth-order valence-electron chi connectivity index (χ4n) is 3.60. The second-order valence-corrected chi connectivity index (χ2v) is 10.9. The normalized spacial score (nSPS) is 11.1. The maximum atomic E-state index is 13.1. The lowest BCUT2D eigenvalue weighted by atomic mass is 10.1. The van der Waals surface area contributed by atoms with Crippen molar-refractivity contribution < 1.29 is 9.53 Å². The molecule has 0 saturated carbocycles. The molecule has 0 aliphatic heterocycles. The van der Waals surface area contributed by atoms with E-state index in [9.17, 15) is 4.79 Å². The lowest BCUT2D eigenvalue weighted by molar-refractivity contribution is 0.103. The van der Waals surface area contributed by atoms with Gasteiger partial charge in [0.15, 0.2) is 4.34 Å². The number of pyridine rings is 1. The second kappa shape index (κ2) is 10.1. The van der Waals surface area contributed by atoms with Crippen LogP contribution >= 0.6 is 34.4 Å². The number of thiophene rings is 1. The summed E-state index contributed by atoms with van der Waals surface area (Å²) in [7, 11) is 0. The van der Waals surface area contributed by atoms with Gasteiger partial charge in [0.1, 0.15) is 15.5 Å². The third kappa shape index (κ3) is 4.88. The topological polar surface area (TPSA) is 90.1 Å². The number of nitrogens with zero attached hydrogens (tertiary/aromatic N) is 2. The largest absolute Gasteiger partial charge is 0.494 e. The van der Waals surface area contributed by atoms with Crippen molar-refractivity contribution >= 4 is 72.2 Å². The highest BCUT2D eigenvalue weighted by molar-refractivity contribution is 8.01. The number of hydrogen-bond acceptors (Lipinski definition) is 8. The monoisotopic (exact) mass is 518 g/mol. The molecule has 0 unspecified atom stereocenters. The molecule has 3 N–H and O–H groups in total. The van der Waals surface area contributed by atoms with Crippen LogP contribution in [0.3, 0.4) is 0 Å². The summed E-state index contributed by atoms with van der Waals surface area (Å²) >= 11 is 4.53. The van der Waals surface area contributed by atoms with E-state index in [1.807, 2.05) is 67.6 Å². The summed E-state index contributed by atoms with van der Waals surface area (Å²) in [4.78, 5) is 23.6. The minimum Gasteiger partial charge on any atom is -0.494 e. The zero-order chi connectivity index (χ0) is 24.4. The number of anilines is 2. The van der Waals surface area contributed by atoms with Gasteiger partial charge < -0.3 is 15.8 Å². The van der Waals surface area contributed by atoms with Gasteiger partial charge in [-0.05, 0) is 49.4 Å². The molecule has 0 saturated heterocycles. The first-order chi connectivity index (χ1) is 17.1. The number of nitrogen functional groups attached to an aromatic ring is 1. The quantitative estimate of drug-likeness (QED) is 0.168. The average Bonchev–Trinajstić information content (AvgIpc) is 3.43. The van der Waals surface area contributed by atoms with Crippen molar-refractivity contribution in [2.45, 2.75) is 11.3 Å². The number of amides is 1. The lowest BCUT2D eigenvalue weighted by Crippen LogP contribution is -2.11. The number of nitrogens with one attached hydrogen (secondary N) is 1. The molecule has 35 heavy (non-hydrogen) atoms. The van der Waals surface area contributed by atoms with Crippen molar-refractivity contribution in [3.8, 4) is 17.0 Å². The van der Waals surface area contributed by atoms with E-state index in [2.05, 4.69) is 16.9 Å². The Hall–Kier alpha value is -3.40. The number of carbonyl (C=O) groups is 1. The predicted octanol–water partition coefficient (Wildman–Crippen LogP) is 7.08. The van der Waals surface area contributed by atoms with Crippen molar-refractivity contribution in [3.63, 3.8) is 0 Å². The Bertz CT molecular complexity index is 1560. The molecule has 176 valence electrons. The first-order valence-corrected chi connectivity index (χ1v) is 13.6. The fraction of sp³-hybridized carbons (Fsp3) is 0.115. The Morgan fingerprint density at radius 1 is 1.17 bits per heavy atom. The highest BCUT2D eigenvalue weighted by Crippen LogP contribution is 2.36. The Kier molecular flexibility index (Phi) is 6.72. The highest BCUT2D eigenvalue weighted by atomic mass is 32.2. The van der Waals surface area contributed by atoms with E-state index in [1.54, 1.807) is 23.1 Å². The number of fused-ring (bicyclic) bond motifs is 2. The van der Waals surface area contributed by atoms with Crippen molar-refractivity contribution in [3.05, 3.63) is 72.1 Å². The number of thiazole rings is 1. The van der Waals surface area contributed by atoms with Crippen LogP contribution in [0.2, 0.25) is 0 Å². The molecule has 9 heteroatoms. The van der Waals surface area contributed by atoms with Crippen molar-refractivity contribution in [1.29, 1.82) is 0 Å². The third-order valence-electron chi connectivity index (χ3n) is 5.19. The van der Waals surface area contributed by atoms with Crippen LogP contribution in [-0.4, -0.2) is 28.2 Å². The molecular weight excluding hydrogens is 497 g/mol. The number of nitrogens with two attached hydrogens (primary N) is 1. The molecule has 1 amide bonds. The number of rotatable bonds is 8. The fourth-order valence-corrected chi connectivity index (χ4v) is 6.46. The van der Waals surface area contributed by atoms with Crippen molar-refractivity contribution in [2.24, 2.45) is 0 Å². The summed E-state index contributed by atoms with van der Waals surface area (Å²) in [5.74, 6) is 1.35. The summed E-state index contributed by atoms with van der Waals surface area (Å²) < 4.78 is 7.60.